The van der Waals surface area contributed by atoms with Gasteiger partial charge in [-0.15, -0.1) is 0 Å². The van der Waals surface area contributed by atoms with Gasteiger partial charge in [0.25, 0.3) is 11.9 Å². The molecule has 1 atom stereocenters. The molecule has 142 valence electrons. The third kappa shape index (κ3) is 3.92. The second kappa shape index (κ2) is 7.46. The summed E-state index contributed by atoms with van der Waals surface area (Å²) >= 11 is 4.75. The molecule has 0 aliphatic carbocycles. The second-order valence-corrected chi connectivity index (χ2v) is 8.16. The molecule has 0 saturated carbocycles. The molecule has 1 amide bonds. The fourth-order valence-electron chi connectivity index (χ4n) is 3.09. The summed E-state index contributed by atoms with van der Waals surface area (Å²) in [5.41, 5.74) is 1.43. The second-order valence-electron chi connectivity index (χ2n) is 6.42. The van der Waals surface area contributed by atoms with Crippen molar-refractivity contribution in [3.63, 3.8) is 0 Å². The Morgan fingerprint density at radius 2 is 2.07 bits per heavy atom. The van der Waals surface area contributed by atoms with Crippen LogP contribution in [0.4, 0.5) is 6.01 Å². The molecule has 1 N–H and O–H groups in total. The van der Waals surface area contributed by atoms with E-state index in [1.54, 1.807) is 24.3 Å². The van der Waals surface area contributed by atoms with Gasteiger partial charge in [0, 0.05) is 41.4 Å². The van der Waals surface area contributed by atoms with Crippen LogP contribution in [0.25, 0.3) is 11.1 Å². The molecule has 1 aromatic carbocycles. The van der Waals surface area contributed by atoms with Gasteiger partial charge in [-0.3, -0.25) is 4.79 Å². The van der Waals surface area contributed by atoms with E-state index in [1.165, 1.54) is 6.26 Å². The van der Waals surface area contributed by atoms with Gasteiger partial charge < -0.3 is 23.6 Å². The summed E-state index contributed by atoms with van der Waals surface area (Å²) in [7, 11) is 0. The molecule has 3 aromatic rings. The number of anilines is 1. The van der Waals surface area contributed by atoms with E-state index < -0.39 is 11.2 Å². The van der Waals surface area contributed by atoms with Crippen molar-refractivity contribution in [2.24, 2.45) is 0 Å². The summed E-state index contributed by atoms with van der Waals surface area (Å²) in [6.07, 6.45) is 3.03. The van der Waals surface area contributed by atoms with Gasteiger partial charge in [-0.25, -0.2) is 0 Å². The van der Waals surface area contributed by atoms with Gasteiger partial charge in [0.15, 0.2) is 11.3 Å². The molecule has 1 saturated heterocycles. The van der Waals surface area contributed by atoms with Crippen molar-refractivity contribution >= 4 is 45.8 Å². The molecule has 0 bridgehead atoms. The number of piperidine rings is 1. The molecule has 2 aromatic heterocycles. The number of nitrogens with one attached hydrogen (secondary N) is 1. The number of furan rings is 1. The van der Waals surface area contributed by atoms with E-state index >= 15 is 0 Å². The van der Waals surface area contributed by atoms with E-state index in [4.69, 9.17) is 20.4 Å². The maximum atomic E-state index is 12.3. The Balaban J connectivity index is 1.35. The van der Waals surface area contributed by atoms with Crippen LogP contribution in [0, 0.1) is 0 Å². The highest BCUT2D eigenvalue weighted by molar-refractivity contribution is 7.90. The van der Waals surface area contributed by atoms with Gasteiger partial charge in [-0.2, -0.15) is 4.98 Å². The highest BCUT2D eigenvalue weighted by Crippen LogP contribution is 2.26. The predicted octanol–water partition coefficient (Wildman–Crippen LogP) is 3.21. The molecule has 7 nitrogen and oxygen atoms in total. The van der Waals surface area contributed by atoms with Crippen molar-refractivity contribution in [3.05, 3.63) is 41.1 Å². The van der Waals surface area contributed by atoms with Gasteiger partial charge in [-0.1, -0.05) is 11.6 Å². The topological polar surface area (TPSA) is 94.6 Å². The largest absolute Gasteiger partial charge is 0.609 e. The minimum atomic E-state index is -1.24. The van der Waals surface area contributed by atoms with Crippen molar-refractivity contribution in [2.75, 3.05) is 24.2 Å². The molecule has 0 radical (unpaired) electrons. The quantitative estimate of drug-likeness (QED) is 0.667. The first-order valence-corrected chi connectivity index (χ1v) is 10.5. The number of hydrogen-bond donors (Lipinski definition) is 1. The number of amides is 1. The van der Waals surface area contributed by atoms with Crippen LogP contribution < -0.4 is 10.2 Å². The smallest absolute Gasteiger partial charge is 0.311 e. The first-order valence-electron chi connectivity index (χ1n) is 8.55. The number of nitrogens with zero attached hydrogens (tertiary/aromatic N) is 2. The van der Waals surface area contributed by atoms with Crippen molar-refractivity contribution < 1.29 is 18.2 Å². The Bertz CT molecular complexity index is 963. The third-order valence-corrected chi connectivity index (χ3v) is 5.55. The Labute approximate surface area is 163 Å². The molecule has 3 heterocycles. The van der Waals surface area contributed by atoms with Crippen molar-refractivity contribution in [1.29, 1.82) is 0 Å². The number of benzene rings is 1. The average Bonchev–Trinajstić information content (AvgIpc) is 3.29. The molecule has 9 heteroatoms. The van der Waals surface area contributed by atoms with Gasteiger partial charge >= 0.3 is 5.09 Å². The fraction of sp³-hybridized carbons (Fsp3) is 0.333. The molecule has 1 aliphatic rings. The van der Waals surface area contributed by atoms with Crippen LogP contribution in [0.3, 0.4) is 0 Å². The van der Waals surface area contributed by atoms with Gasteiger partial charge in [0.05, 0.1) is 0 Å². The van der Waals surface area contributed by atoms with Crippen LogP contribution in [0.15, 0.2) is 44.3 Å². The lowest BCUT2D eigenvalue weighted by atomic mass is 10.1. The lowest BCUT2D eigenvalue weighted by molar-refractivity contribution is 0.0897. The summed E-state index contributed by atoms with van der Waals surface area (Å²) in [6, 6.07) is 9.07. The summed E-state index contributed by atoms with van der Waals surface area (Å²) in [4.78, 5) is 18.8. The standard InChI is InChI=1S/C18H18ClN3O4S/c1-27(24)16-5-4-15(25-16)17(23)20-12-6-8-22(9-7-12)18-21-13-10-11(19)2-3-14(13)26-18/h2-5,10,12H,6-9H2,1H3,(H,20,23). The maximum Gasteiger partial charge on any atom is 0.311 e. The van der Waals surface area contributed by atoms with Crippen LogP contribution in [0.5, 0.6) is 0 Å². The number of aromatic nitrogens is 1. The van der Waals surface area contributed by atoms with Gasteiger partial charge in [-0.05, 0) is 37.1 Å². The van der Waals surface area contributed by atoms with Gasteiger partial charge in [0.2, 0.25) is 0 Å². The number of carbonyl (C=O) groups is 1. The molecule has 27 heavy (non-hydrogen) atoms. The molecule has 1 unspecified atom stereocenters. The third-order valence-electron chi connectivity index (χ3n) is 4.53. The minimum absolute atomic E-state index is 0.0354. The molecule has 4 rings (SSSR count). The van der Waals surface area contributed by atoms with E-state index in [1.807, 2.05) is 6.07 Å². The fourth-order valence-corrected chi connectivity index (χ4v) is 3.73. The van der Waals surface area contributed by atoms with Crippen molar-refractivity contribution in [2.45, 2.75) is 24.0 Å². The Hall–Kier alpha value is -2.16. The van der Waals surface area contributed by atoms with E-state index in [0.29, 0.717) is 34.8 Å². The number of hydrogen-bond acceptors (Lipinski definition) is 6. The zero-order chi connectivity index (χ0) is 19.0. The minimum Gasteiger partial charge on any atom is -0.609 e. The van der Waals surface area contributed by atoms with E-state index in [9.17, 15) is 9.35 Å². The molecular formula is C18H18ClN3O4S. The summed E-state index contributed by atoms with van der Waals surface area (Å²) < 4.78 is 22.5. The SMILES string of the molecule is C[S+]([O-])c1ccc(C(=O)NC2CCN(c3nc4cc(Cl)ccc4o3)CC2)o1. The lowest BCUT2D eigenvalue weighted by Crippen LogP contribution is -2.44. The molecule has 1 fully saturated rings. The first kappa shape index (κ1) is 18.2. The highest BCUT2D eigenvalue weighted by Gasteiger charge is 2.25. The molecule has 1 aliphatic heterocycles. The van der Waals surface area contributed by atoms with E-state index in [2.05, 4.69) is 15.2 Å². The highest BCUT2D eigenvalue weighted by atomic mass is 35.5. The number of fused-ring (bicyclic) bond motifs is 1. The van der Waals surface area contributed by atoms with Crippen LogP contribution in [0.1, 0.15) is 23.4 Å². The Morgan fingerprint density at radius 1 is 1.30 bits per heavy atom. The Morgan fingerprint density at radius 3 is 2.78 bits per heavy atom. The first-order chi connectivity index (χ1) is 13.0. The van der Waals surface area contributed by atoms with Crippen LogP contribution in [-0.4, -0.2) is 40.8 Å². The number of halogens is 1. The lowest BCUT2D eigenvalue weighted by Gasteiger charge is -2.31. The van der Waals surface area contributed by atoms with Crippen molar-refractivity contribution in [1.82, 2.24) is 10.3 Å². The predicted molar refractivity (Wildman–Crippen MR) is 103 cm³/mol. The number of oxazole rings is 1. The van der Waals surface area contributed by atoms with E-state index in [-0.39, 0.29) is 17.7 Å². The monoisotopic (exact) mass is 407 g/mol. The van der Waals surface area contributed by atoms with E-state index in [0.717, 1.165) is 18.4 Å². The summed E-state index contributed by atoms with van der Waals surface area (Å²) in [6.45, 7) is 1.43. The summed E-state index contributed by atoms with van der Waals surface area (Å²) in [5, 5.41) is 3.89. The van der Waals surface area contributed by atoms with Gasteiger partial charge in [0.1, 0.15) is 11.8 Å². The van der Waals surface area contributed by atoms with Crippen molar-refractivity contribution in [3.8, 4) is 0 Å². The average molecular weight is 408 g/mol. The van der Waals surface area contributed by atoms with Crippen LogP contribution in [0.2, 0.25) is 5.02 Å². The normalized spacial score (nSPS) is 16.6. The molecule has 0 spiro atoms. The number of rotatable bonds is 4. The summed E-state index contributed by atoms with van der Waals surface area (Å²) in [5.74, 6) is -0.111. The zero-order valence-corrected chi connectivity index (χ0v) is 16.2. The zero-order valence-electron chi connectivity index (χ0n) is 14.6. The van der Waals surface area contributed by atoms with Crippen LogP contribution in [-0.2, 0) is 11.2 Å². The molecular weight excluding hydrogens is 390 g/mol. The number of carbonyl (C=O) groups excluding carboxylic acids is 1. The maximum absolute atomic E-state index is 12.3. The Kier molecular flexibility index (Phi) is 5.03. The van der Waals surface area contributed by atoms with Crippen LogP contribution >= 0.6 is 11.6 Å².